The number of amides is 2. The average molecular weight is 322 g/mol. The van der Waals surface area contributed by atoms with Crippen molar-refractivity contribution in [3.63, 3.8) is 0 Å². The van der Waals surface area contributed by atoms with Crippen molar-refractivity contribution in [2.75, 3.05) is 5.32 Å². The summed E-state index contributed by atoms with van der Waals surface area (Å²) in [6, 6.07) is 2.47. The van der Waals surface area contributed by atoms with E-state index in [-0.39, 0.29) is 17.6 Å². The first-order chi connectivity index (χ1) is 10.5. The zero-order valence-electron chi connectivity index (χ0n) is 12.6. The monoisotopic (exact) mass is 322 g/mol. The number of nitrogens with one attached hydrogen (secondary N) is 2. The van der Waals surface area contributed by atoms with E-state index in [0.717, 1.165) is 11.4 Å². The minimum Gasteiger partial charge on any atom is -0.459 e. The highest BCUT2D eigenvalue weighted by atomic mass is 32.1. The maximum Gasteiger partial charge on any atom is 0.287 e. The van der Waals surface area contributed by atoms with E-state index in [0.29, 0.717) is 5.13 Å². The van der Waals surface area contributed by atoms with Crippen LogP contribution in [0.2, 0.25) is 0 Å². The third-order valence-corrected chi connectivity index (χ3v) is 3.96. The van der Waals surface area contributed by atoms with Gasteiger partial charge in [-0.15, -0.1) is 10.2 Å². The molecular formula is C14H18N4O3S. The van der Waals surface area contributed by atoms with Crippen molar-refractivity contribution in [2.45, 2.75) is 33.2 Å². The lowest BCUT2D eigenvalue weighted by atomic mass is 10.0. The Morgan fingerprint density at radius 1 is 1.36 bits per heavy atom. The Kier molecular flexibility index (Phi) is 5.26. The number of carbonyl (C=O) groups excluding carboxylic acids is 2. The van der Waals surface area contributed by atoms with E-state index in [2.05, 4.69) is 20.8 Å². The number of furan rings is 1. The molecule has 2 rings (SSSR count). The Bertz CT molecular complexity index is 636. The van der Waals surface area contributed by atoms with Crippen LogP contribution in [0, 0.1) is 5.92 Å². The lowest BCUT2D eigenvalue weighted by Gasteiger charge is -2.20. The number of nitrogens with zero attached hydrogens (tertiary/aromatic N) is 2. The molecule has 2 N–H and O–H groups in total. The van der Waals surface area contributed by atoms with Crippen LogP contribution in [-0.4, -0.2) is 28.1 Å². The molecular weight excluding hydrogens is 304 g/mol. The van der Waals surface area contributed by atoms with E-state index in [1.807, 2.05) is 20.8 Å². The van der Waals surface area contributed by atoms with Gasteiger partial charge in [0.15, 0.2) is 5.76 Å². The topological polar surface area (TPSA) is 97.1 Å². The molecule has 118 valence electrons. The summed E-state index contributed by atoms with van der Waals surface area (Å²) in [6.45, 7) is 5.67. The Labute approximate surface area is 132 Å². The molecule has 0 aliphatic rings. The lowest BCUT2D eigenvalue weighted by molar-refractivity contribution is -0.118. The van der Waals surface area contributed by atoms with Crippen LogP contribution in [0.3, 0.4) is 0 Å². The summed E-state index contributed by atoms with van der Waals surface area (Å²) in [5, 5.41) is 14.5. The molecule has 0 saturated heterocycles. The second-order valence-corrected chi connectivity index (χ2v) is 6.08. The second kappa shape index (κ2) is 7.17. The van der Waals surface area contributed by atoms with Gasteiger partial charge < -0.3 is 9.73 Å². The van der Waals surface area contributed by atoms with Crippen LogP contribution < -0.4 is 10.6 Å². The van der Waals surface area contributed by atoms with Gasteiger partial charge in [-0.2, -0.15) is 0 Å². The minimum atomic E-state index is -0.688. The molecule has 0 aliphatic carbocycles. The van der Waals surface area contributed by atoms with Gasteiger partial charge in [0.05, 0.1) is 6.26 Å². The van der Waals surface area contributed by atoms with E-state index in [1.165, 1.54) is 17.6 Å². The van der Waals surface area contributed by atoms with Gasteiger partial charge in [0, 0.05) is 0 Å². The number of anilines is 1. The molecule has 0 aromatic carbocycles. The van der Waals surface area contributed by atoms with Crippen molar-refractivity contribution < 1.29 is 14.0 Å². The van der Waals surface area contributed by atoms with E-state index < -0.39 is 11.9 Å². The molecule has 0 fully saturated rings. The standard InChI is InChI=1S/C14H18N4O3S/c1-4-10-17-18-14(22-10)16-13(20)11(8(2)3)15-12(19)9-6-5-7-21-9/h5-8,11H,4H2,1-3H3,(H,15,19)(H,16,18,20). The first-order valence-corrected chi connectivity index (χ1v) is 7.80. The SMILES string of the molecule is CCc1nnc(NC(=O)C(NC(=O)c2ccco2)C(C)C)s1. The van der Waals surface area contributed by atoms with Crippen LogP contribution in [-0.2, 0) is 11.2 Å². The van der Waals surface area contributed by atoms with E-state index in [1.54, 1.807) is 12.1 Å². The van der Waals surface area contributed by atoms with Gasteiger partial charge in [-0.25, -0.2) is 0 Å². The summed E-state index contributed by atoms with van der Waals surface area (Å²) in [7, 11) is 0. The van der Waals surface area contributed by atoms with Gasteiger partial charge in [0.1, 0.15) is 11.0 Å². The van der Waals surface area contributed by atoms with Crippen molar-refractivity contribution >= 4 is 28.3 Å². The number of aromatic nitrogens is 2. The number of hydrogen-bond acceptors (Lipinski definition) is 6. The molecule has 1 unspecified atom stereocenters. The van der Waals surface area contributed by atoms with Crippen LogP contribution in [0.5, 0.6) is 0 Å². The summed E-state index contributed by atoms with van der Waals surface area (Å²) in [6.07, 6.45) is 2.17. The molecule has 22 heavy (non-hydrogen) atoms. The Morgan fingerprint density at radius 2 is 2.14 bits per heavy atom. The molecule has 1 atom stereocenters. The number of rotatable bonds is 6. The third-order valence-electron chi connectivity index (χ3n) is 2.98. The smallest absolute Gasteiger partial charge is 0.287 e. The van der Waals surface area contributed by atoms with E-state index in [4.69, 9.17) is 4.42 Å². The highest BCUT2D eigenvalue weighted by Crippen LogP contribution is 2.16. The summed E-state index contributed by atoms with van der Waals surface area (Å²) in [4.78, 5) is 24.4. The Hall–Kier alpha value is -2.22. The van der Waals surface area contributed by atoms with Crippen LogP contribution in [0.25, 0.3) is 0 Å². The summed E-state index contributed by atoms with van der Waals surface area (Å²) < 4.78 is 5.03. The molecule has 0 spiro atoms. The largest absolute Gasteiger partial charge is 0.459 e. The highest BCUT2D eigenvalue weighted by molar-refractivity contribution is 7.15. The number of hydrogen-bond donors (Lipinski definition) is 2. The minimum absolute atomic E-state index is 0.0857. The van der Waals surface area contributed by atoms with Gasteiger partial charge in [0.25, 0.3) is 5.91 Å². The van der Waals surface area contributed by atoms with Crippen molar-refractivity contribution in [3.8, 4) is 0 Å². The van der Waals surface area contributed by atoms with Crippen molar-refractivity contribution in [1.82, 2.24) is 15.5 Å². The molecule has 0 bridgehead atoms. The van der Waals surface area contributed by atoms with E-state index >= 15 is 0 Å². The number of carbonyl (C=O) groups is 2. The maximum absolute atomic E-state index is 12.3. The molecule has 2 aromatic heterocycles. The van der Waals surface area contributed by atoms with Crippen LogP contribution >= 0.6 is 11.3 Å². The van der Waals surface area contributed by atoms with Crippen LogP contribution in [0.4, 0.5) is 5.13 Å². The molecule has 7 nitrogen and oxygen atoms in total. The summed E-state index contributed by atoms with van der Waals surface area (Å²) in [5.41, 5.74) is 0. The first kappa shape index (κ1) is 16.2. The van der Waals surface area contributed by atoms with Crippen molar-refractivity contribution in [3.05, 3.63) is 29.2 Å². The quantitative estimate of drug-likeness (QED) is 0.848. The fraction of sp³-hybridized carbons (Fsp3) is 0.429. The van der Waals surface area contributed by atoms with E-state index in [9.17, 15) is 9.59 Å². The van der Waals surface area contributed by atoms with Crippen LogP contribution in [0.1, 0.15) is 36.3 Å². The van der Waals surface area contributed by atoms with Gasteiger partial charge in [-0.1, -0.05) is 32.1 Å². The number of aryl methyl sites for hydroxylation is 1. The zero-order chi connectivity index (χ0) is 16.1. The average Bonchev–Trinajstić information content (AvgIpc) is 3.14. The molecule has 2 heterocycles. The fourth-order valence-corrected chi connectivity index (χ4v) is 2.47. The van der Waals surface area contributed by atoms with Crippen molar-refractivity contribution in [2.24, 2.45) is 5.92 Å². The van der Waals surface area contributed by atoms with Gasteiger partial charge in [0.2, 0.25) is 11.0 Å². The predicted molar refractivity (Wildman–Crippen MR) is 82.7 cm³/mol. The maximum atomic E-state index is 12.3. The summed E-state index contributed by atoms with van der Waals surface area (Å²) in [5.74, 6) is -0.667. The molecule has 2 aromatic rings. The van der Waals surface area contributed by atoms with Crippen LogP contribution in [0.15, 0.2) is 22.8 Å². The normalized spacial score (nSPS) is 12.2. The lowest BCUT2D eigenvalue weighted by Crippen LogP contribution is -2.47. The second-order valence-electron chi connectivity index (χ2n) is 5.02. The highest BCUT2D eigenvalue weighted by Gasteiger charge is 2.26. The molecule has 8 heteroatoms. The van der Waals surface area contributed by atoms with Gasteiger partial charge >= 0.3 is 0 Å². The molecule has 0 aliphatic heterocycles. The zero-order valence-corrected chi connectivity index (χ0v) is 13.4. The third kappa shape index (κ3) is 3.91. The first-order valence-electron chi connectivity index (χ1n) is 6.98. The van der Waals surface area contributed by atoms with Gasteiger partial charge in [-0.3, -0.25) is 14.9 Å². The summed E-state index contributed by atoms with van der Waals surface area (Å²) >= 11 is 1.32. The molecule has 2 amide bonds. The molecule has 0 saturated carbocycles. The molecule has 0 radical (unpaired) electrons. The Balaban J connectivity index is 2.03. The van der Waals surface area contributed by atoms with Crippen molar-refractivity contribution in [1.29, 1.82) is 0 Å². The van der Waals surface area contributed by atoms with Gasteiger partial charge in [-0.05, 0) is 24.5 Å². The predicted octanol–water partition coefficient (Wildman–Crippen LogP) is 2.09. The fourth-order valence-electron chi connectivity index (χ4n) is 1.79. The Morgan fingerprint density at radius 3 is 2.68 bits per heavy atom.